The maximum absolute atomic E-state index is 11.9. The Hall–Kier alpha value is -1.55. The lowest BCUT2D eigenvalue weighted by Gasteiger charge is -2.27. The minimum atomic E-state index is -0.435. The molecule has 0 bridgehead atoms. The van der Waals surface area contributed by atoms with E-state index in [1.807, 2.05) is 20.8 Å². The van der Waals surface area contributed by atoms with Crippen LogP contribution in [0.5, 0.6) is 0 Å². The molecular weight excluding hydrogens is 288 g/mol. The van der Waals surface area contributed by atoms with Gasteiger partial charge in [-0.3, -0.25) is 0 Å². The van der Waals surface area contributed by atoms with Crippen LogP contribution in [0.3, 0.4) is 0 Å². The van der Waals surface area contributed by atoms with E-state index in [1.165, 1.54) is 30.4 Å². The molecule has 0 radical (unpaired) electrons. The van der Waals surface area contributed by atoms with Crippen LogP contribution in [0.4, 0.5) is 4.79 Å². The second kappa shape index (κ2) is 7.82. The molecule has 23 heavy (non-hydrogen) atoms. The third kappa shape index (κ3) is 5.54. The van der Waals surface area contributed by atoms with Crippen molar-refractivity contribution in [3.05, 3.63) is 35.4 Å². The molecule has 0 aliphatic heterocycles. The Morgan fingerprint density at radius 3 is 2.83 bits per heavy atom. The Kier molecular flexibility index (Phi) is 6.05. The van der Waals surface area contributed by atoms with Gasteiger partial charge in [0.1, 0.15) is 5.60 Å². The van der Waals surface area contributed by atoms with Crippen molar-refractivity contribution in [2.75, 3.05) is 20.1 Å². The van der Waals surface area contributed by atoms with Gasteiger partial charge in [0.15, 0.2) is 0 Å². The molecule has 4 nitrogen and oxygen atoms in total. The summed E-state index contributed by atoms with van der Waals surface area (Å²) in [6.07, 6.45) is 4.30. The van der Waals surface area contributed by atoms with E-state index in [9.17, 15) is 4.79 Å². The van der Waals surface area contributed by atoms with E-state index in [1.54, 1.807) is 11.9 Å². The molecule has 1 aromatic rings. The fourth-order valence-electron chi connectivity index (χ4n) is 2.99. The Morgan fingerprint density at radius 1 is 1.35 bits per heavy atom. The highest BCUT2D eigenvalue weighted by Gasteiger charge is 2.20. The highest BCUT2D eigenvalue weighted by molar-refractivity contribution is 5.67. The Labute approximate surface area is 140 Å². The summed E-state index contributed by atoms with van der Waals surface area (Å²) in [7, 11) is 1.80. The molecule has 0 heterocycles. The van der Waals surface area contributed by atoms with Crippen LogP contribution in [0.2, 0.25) is 0 Å². The van der Waals surface area contributed by atoms with Crippen molar-refractivity contribution in [2.24, 2.45) is 0 Å². The maximum atomic E-state index is 11.9. The third-order valence-electron chi connectivity index (χ3n) is 4.14. The topological polar surface area (TPSA) is 41.6 Å². The summed E-state index contributed by atoms with van der Waals surface area (Å²) in [4.78, 5) is 13.6. The number of nitrogens with one attached hydrogen (secondary N) is 1. The van der Waals surface area contributed by atoms with Gasteiger partial charge >= 0.3 is 6.09 Å². The largest absolute Gasteiger partial charge is 0.444 e. The second-order valence-electron chi connectivity index (χ2n) is 7.35. The van der Waals surface area contributed by atoms with E-state index < -0.39 is 5.60 Å². The van der Waals surface area contributed by atoms with Crippen LogP contribution in [0, 0.1) is 0 Å². The van der Waals surface area contributed by atoms with Crippen molar-refractivity contribution in [3.8, 4) is 0 Å². The van der Waals surface area contributed by atoms with Crippen LogP contribution in [0.15, 0.2) is 24.3 Å². The summed E-state index contributed by atoms with van der Waals surface area (Å²) in [6.45, 7) is 7.28. The zero-order valence-corrected chi connectivity index (χ0v) is 14.9. The SMILES string of the molecule is CN(CCCNC1CCCc2ccccc21)C(=O)OC(C)(C)C. The number of nitrogens with zero attached hydrogens (tertiary/aromatic N) is 1. The number of benzene rings is 1. The van der Waals surface area contributed by atoms with Crippen molar-refractivity contribution in [3.63, 3.8) is 0 Å². The number of carbonyl (C=O) groups is 1. The first-order chi connectivity index (χ1) is 10.9. The number of aryl methyl sites for hydroxylation is 1. The zero-order chi connectivity index (χ0) is 16.9. The van der Waals surface area contributed by atoms with Gasteiger partial charge in [-0.2, -0.15) is 0 Å². The van der Waals surface area contributed by atoms with Crippen LogP contribution >= 0.6 is 0 Å². The third-order valence-corrected chi connectivity index (χ3v) is 4.14. The van der Waals surface area contributed by atoms with Crippen molar-refractivity contribution >= 4 is 6.09 Å². The fraction of sp³-hybridized carbons (Fsp3) is 0.632. The smallest absolute Gasteiger partial charge is 0.410 e. The van der Waals surface area contributed by atoms with Crippen LogP contribution in [0.25, 0.3) is 0 Å². The first kappa shape index (κ1) is 17.8. The molecule has 1 atom stereocenters. The normalized spacial score (nSPS) is 17.5. The summed E-state index contributed by atoms with van der Waals surface area (Å²) in [5, 5.41) is 3.64. The lowest BCUT2D eigenvalue weighted by Crippen LogP contribution is -2.36. The van der Waals surface area contributed by atoms with Crippen molar-refractivity contribution in [1.29, 1.82) is 0 Å². The summed E-state index contributed by atoms with van der Waals surface area (Å²) in [5.41, 5.74) is 2.48. The minimum absolute atomic E-state index is 0.250. The molecule has 0 saturated carbocycles. The van der Waals surface area contributed by atoms with E-state index in [0.717, 1.165) is 13.0 Å². The van der Waals surface area contributed by atoms with E-state index >= 15 is 0 Å². The molecular formula is C19H30N2O2. The molecule has 1 aliphatic rings. The highest BCUT2D eigenvalue weighted by atomic mass is 16.6. The first-order valence-corrected chi connectivity index (χ1v) is 8.62. The van der Waals surface area contributed by atoms with Gasteiger partial charge in [0, 0.05) is 19.6 Å². The number of fused-ring (bicyclic) bond motifs is 1. The molecule has 0 spiro atoms. The van der Waals surface area contributed by atoms with Gasteiger partial charge in [0.05, 0.1) is 0 Å². The number of hydrogen-bond donors (Lipinski definition) is 1. The van der Waals surface area contributed by atoms with Gasteiger partial charge in [-0.15, -0.1) is 0 Å². The number of carbonyl (C=O) groups excluding carboxylic acids is 1. The predicted octanol–water partition coefficient (Wildman–Crippen LogP) is 3.91. The van der Waals surface area contributed by atoms with Gasteiger partial charge in [0.25, 0.3) is 0 Å². The van der Waals surface area contributed by atoms with E-state index in [-0.39, 0.29) is 6.09 Å². The molecule has 0 aromatic heterocycles. The second-order valence-corrected chi connectivity index (χ2v) is 7.35. The number of hydrogen-bond acceptors (Lipinski definition) is 3. The molecule has 128 valence electrons. The van der Waals surface area contributed by atoms with Gasteiger partial charge in [-0.1, -0.05) is 24.3 Å². The summed E-state index contributed by atoms with van der Waals surface area (Å²) >= 11 is 0. The van der Waals surface area contributed by atoms with Gasteiger partial charge in [0.2, 0.25) is 0 Å². The van der Waals surface area contributed by atoms with Crippen molar-refractivity contribution < 1.29 is 9.53 Å². The number of ether oxygens (including phenoxy) is 1. The summed E-state index contributed by atoms with van der Waals surface area (Å²) in [6, 6.07) is 9.16. The molecule has 1 N–H and O–H groups in total. The first-order valence-electron chi connectivity index (χ1n) is 8.62. The Balaban J connectivity index is 1.73. The molecule has 1 aliphatic carbocycles. The number of amides is 1. The van der Waals surface area contributed by atoms with Gasteiger partial charge in [-0.25, -0.2) is 4.79 Å². The maximum Gasteiger partial charge on any atom is 0.410 e. The molecule has 1 aromatic carbocycles. The average Bonchev–Trinajstić information content (AvgIpc) is 2.49. The molecule has 1 unspecified atom stereocenters. The lowest BCUT2D eigenvalue weighted by molar-refractivity contribution is 0.0297. The zero-order valence-electron chi connectivity index (χ0n) is 14.9. The fourth-order valence-corrected chi connectivity index (χ4v) is 2.99. The molecule has 2 rings (SSSR count). The molecule has 0 saturated heterocycles. The average molecular weight is 318 g/mol. The number of rotatable bonds is 5. The van der Waals surface area contributed by atoms with Gasteiger partial charge in [-0.05, 0) is 64.1 Å². The van der Waals surface area contributed by atoms with E-state index in [0.29, 0.717) is 12.6 Å². The van der Waals surface area contributed by atoms with E-state index in [4.69, 9.17) is 4.74 Å². The molecule has 4 heteroatoms. The lowest BCUT2D eigenvalue weighted by atomic mass is 9.88. The van der Waals surface area contributed by atoms with E-state index in [2.05, 4.69) is 29.6 Å². The Bertz CT molecular complexity index is 522. The van der Waals surface area contributed by atoms with Crippen LogP contribution in [0.1, 0.15) is 57.2 Å². The Morgan fingerprint density at radius 2 is 2.09 bits per heavy atom. The van der Waals surface area contributed by atoms with Crippen LogP contribution < -0.4 is 5.32 Å². The monoisotopic (exact) mass is 318 g/mol. The summed E-state index contributed by atoms with van der Waals surface area (Å²) < 4.78 is 5.36. The van der Waals surface area contributed by atoms with Crippen LogP contribution in [-0.4, -0.2) is 36.7 Å². The quantitative estimate of drug-likeness (QED) is 0.837. The van der Waals surface area contributed by atoms with Crippen LogP contribution in [-0.2, 0) is 11.2 Å². The van der Waals surface area contributed by atoms with Gasteiger partial charge < -0.3 is 15.0 Å². The molecule has 1 amide bonds. The minimum Gasteiger partial charge on any atom is -0.444 e. The highest BCUT2D eigenvalue weighted by Crippen LogP contribution is 2.29. The molecule has 0 fully saturated rings. The standard InChI is InChI=1S/C19H30N2O2/c1-19(2,3)23-18(22)21(4)14-8-13-20-17-12-7-10-15-9-5-6-11-16(15)17/h5-6,9,11,17,20H,7-8,10,12-14H2,1-4H3. The van der Waals surface area contributed by atoms with Crippen molar-refractivity contribution in [1.82, 2.24) is 10.2 Å². The summed E-state index contributed by atoms with van der Waals surface area (Å²) in [5.74, 6) is 0. The van der Waals surface area contributed by atoms with Crippen molar-refractivity contribution in [2.45, 2.75) is 58.1 Å². The predicted molar refractivity (Wildman–Crippen MR) is 93.6 cm³/mol.